The van der Waals surface area contributed by atoms with Gasteiger partial charge in [0.1, 0.15) is 5.75 Å². The second-order valence-corrected chi connectivity index (χ2v) is 6.13. The van der Waals surface area contributed by atoms with E-state index in [-0.39, 0.29) is 5.91 Å². The van der Waals surface area contributed by atoms with E-state index in [4.69, 9.17) is 14.2 Å². The number of benzene rings is 2. The second-order valence-electron chi connectivity index (χ2n) is 6.13. The standard InChI is InChI=1S/C21H23N3O4/c1-14-9-10-23-24(14)17-7-5-15(6-8-17)21(25)22-13-16-11-19(27-3)20(28-4)12-18(16)26-2/h5-12H,13H2,1-4H3,(H,22,25). The van der Waals surface area contributed by atoms with Crippen LogP contribution in [0.15, 0.2) is 48.7 Å². The van der Waals surface area contributed by atoms with Crippen LogP contribution in [-0.4, -0.2) is 37.0 Å². The van der Waals surface area contributed by atoms with Crippen LogP contribution in [0.4, 0.5) is 0 Å². The Morgan fingerprint density at radius 2 is 1.61 bits per heavy atom. The molecule has 0 radical (unpaired) electrons. The number of aryl methyl sites for hydroxylation is 1. The van der Waals surface area contributed by atoms with Gasteiger partial charge in [-0.05, 0) is 43.3 Å². The molecule has 3 rings (SSSR count). The van der Waals surface area contributed by atoms with Crippen LogP contribution in [0.1, 0.15) is 21.6 Å². The molecule has 7 heteroatoms. The van der Waals surface area contributed by atoms with Gasteiger partial charge in [-0.2, -0.15) is 5.10 Å². The first-order valence-electron chi connectivity index (χ1n) is 8.75. The number of hydrogen-bond donors (Lipinski definition) is 1. The summed E-state index contributed by atoms with van der Waals surface area (Å²) in [6.07, 6.45) is 1.74. The summed E-state index contributed by atoms with van der Waals surface area (Å²) in [5, 5.41) is 7.17. The molecule has 0 saturated heterocycles. The smallest absolute Gasteiger partial charge is 0.251 e. The average Bonchev–Trinajstić information content (AvgIpc) is 3.17. The minimum Gasteiger partial charge on any atom is -0.496 e. The summed E-state index contributed by atoms with van der Waals surface area (Å²) < 4.78 is 17.8. The molecule has 1 heterocycles. The zero-order valence-corrected chi connectivity index (χ0v) is 16.4. The Labute approximate surface area is 163 Å². The molecule has 1 N–H and O–H groups in total. The maximum atomic E-state index is 12.5. The minimum atomic E-state index is -0.180. The Morgan fingerprint density at radius 1 is 0.964 bits per heavy atom. The fourth-order valence-electron chi connectivity index (χ4n) is 2.90. The lowest BCUT2D eigenvalue weighted by Gasteiger charge is -2.14. The highest BCUT2D eigenvalue weighted by atomic mass is 16.5. The Hall–Kier alpha value is -3.48. The van der Waals surface area contributed by atoms with Crippen LogP contribution in [0.2, 0.25) is 0 Å². The van der Waals surface area contributed by atoms with Gasteiger partial charge in [-0.25, -0.2) is 4.68 Å². The molecule has 0 aliphatic rings. The molecule has 0 saturated carbocycles. The highest BCUT2D eigenvalue weighted by Crippen LogP contribution is 2.34. The zero-order valence-electron chi connectivity index (χ0n) is 16.4. The van der Waals surface area contributed by atoms with Crippen molar-refractivity contribution < 1.29 is 19.0 Å². The molecule has 0 aliphatic carbocycles. The molecule has 0 fully saturated rings. The van der Waals surface area contributed by atoms with E-state index in [0.29, 0.717) is 29.4 Å². The van der Waals surface area contributed by atoms with E-state index in [1.165, 1.54) is 0 Å². The number of amides is 1. The number of carbonyl (C=O) groups is 1. The van der Waals surface area contributed by atoms with Crippen LogP contribution in [0.5, 0.6) is 17.2 Å². The van der Waals surface area contributed by atoms with Crippen LogP contribution in [-0.2, 0) is 6.54 Å². The Kier molecular flexibility index (Phi) is 5.84. The normalized spacial score (nSPS) is 10.4. The monoisotopic (exact) mass is 381 g/mol. The summed E-state index contributed by atoms with van der Waals surface area (Å²) in [7, 11) is 4.70. The van der Waals surface area contributed by atoms with Crippen molar-refractivity contribution in [2.24, 2.45) is 0 Å². The molecule has 146 valence electrons. The fourth-order valence-corrected chi connectivity index (χ4v) is 2.90. The molecule has 1 aromatic heterocycles. The minimum absolute atomic E-state index is 0.180. The van der Waals surface area contributed by atoms with Crippen LogP contribution < -0.4 is 19.5 Å². The van der Waals surface area contributed by atoms with Crippen LogP contribution >= 0.6 is 0 Å². The Balaban J connectivity index is 1.73. The Morgan fingerprint density at radius 3 is 2.18 bits per heavy atom. The van der Waals surface area contributed by atoms with Crippen molar-refractivity contribution in [3.63, 3.8) is 0 Å². The van der Waals surface area contributed by atoms with E-state index >= 15 is 0 Å². The van der Waals surface area contributed by atoms with Gasteiger partial charge in [0.05, 0.1) is 27.0 Å². The van der Waals surface area contributed by atoms with E-state index in [1.54, 1.807) is 51.8 Å². The highest BCUT2D eigenvalue weighted by molar-refractivity contribution is 5.94. The molecule has 2 aromatic carbocycles. The predicted octanol–water partition coefficient (Wildman–Crippen LogP) is 3.14. The van der Waals surface area contributed by atoms with Gasteiger partial charge in [0.25, 0.3) is 5.91 Å². The average molecular weight is 381 g/mol. The predicted molar refractivity (Wildman–Crippen MR) is 106 cm³/mol. The molecule has 28 heavy (non-hydrogen) atoms. The topological polar surface area (TPSA) is 74.6 Å². The summed E-state index contributed by atoms with van der Waals surface area (Å²) in [5.74, 6) is 1.58. The molecule has 0 unspecified atom stereocenters. The van der Waals surface area contributed by atoms with Crippen LogP contribution in [0.3, 0.4) is 0 Å². The SMILES string of the molecule is COc1cc(OC)c(OC)cc1CNC(=O)c1ccc(-n2nccc2C)cc1. The third kappa shape index (κ3) is 3.93. The van der Waals surface area contributed by atoms with E-state index in [1.807, 2.05) is 29.8 Å². The highest BCUT2D eigenvalue weighted by Gasteiger charge is 2.13. The first-order chi connectivity index (χ1) is 13.6. The van der Waals surface area contributed by atoms with Gasteiger partial charge in [-0.1, -0.05) is 0 Å². The van der Waals surface area contributed by atoms with Gasteiger partial charge >= 0.3 is 0 Å². The lowest BCUT2D eigenvalue weighted by atomic mass is 10.1. The third-order valence-electron chi connectivity index (χ3n) is 4.43. The van der Waals surface area contributed by atoms with Crippen molar-refractivity contribution in [3.05, 3.63) is 65.5 Å². The summed E-state index contributed by atoms with van der Waals surface area (Å²) in [6.45, 7) is 2.27. The van der Waals surface area contributed by atoms with Gasteiger partial charge < -0.3 is 19.5 Å². The van der Waals surface area contributed by atoms with Gasteiger partial charge in [-0.3, -0.25) is 4.79 Å². The van der Waals surface area contributed by atoms with Crippen molar-refractivity contribution in [2.75, 3.05) is 21.3 Å². The van der Waals surface area contributed by atoms with Gasteiger partial charge in [0, 0.05) is 35.6 Å². The summed E-state index contributed by atoms with van der Waals surface area (Å²) in [4.78, 5) is 12.5. The number of carbonyl (C=O) groups excluding carboxylic acids is 1. The van der Waals surface area contributed by atoms with Crippen molar-refractivity contribution in [3.8, 4) is 22.9 Å². The van der Waals surface area contributed by atoms with E-state index in [9.17, 15) is 4.79 Å². The maximum Gasteiger partial charge on any atom is 0.251 e. The van der Waals surface area contributed by atoms with Crippen molar-refractivity contribution >= 4 is 5.91 Å². The van der Waals surface area contributed by atoms with E-state index in [2.05, 4.69) is 10.4 Å². The number of nitrogens with one attached hydrogen (secondary N) is 1. The summed E-state index contributed by atoms with van der Waals surface area (Å²) in [6, 6.07) is 12.7. The lowest BCUT2D eigenvalue weighted by Crippen LogP contribution is -2.23. The number of hydrogen-bond acceptors (Lipinski definition) is 5. The molecule has 7 nitrogen and oxygen atoms in total. The lowest BCUT2D eigenvalue weighted by molar-refractivity contribution is 0.0950. The van der Waals surface area contributed by atoms with Crippen LogP contribution in [0, 0.1) is 6.92 Å². The van der Waals surface area contributed by atoms with E-state index in [0.717, 1.165) is 16.9 Å². The third-order valence-corrected chi connectivity index (χ3v) is 4.43. The molecule has 0 spiro atoms. The number of methoxy groups -OCH3 is 3. The number of nitrogens with zero attached hydrogens (tertiary/aromatic N) is 2. The number of aromatic nitrogens is 2. The molecule has 1 amide bonds. The van der Waals surface area contributed by atoms with Crippen molar-refractivity contribution in [1.29, 1.82) is 0 Å². The number of rotatable bonds is 7. The molecule has 0 atom stereocenters. The maximum absolute atomic E-state index is 12.5. The second kappa shape index (κ2) is 8.47. The molecule has 0 aliphatic heterocycles. The molecular weight excluding hydrogens is 358 g/mol. The van der Waals surface area contributed by atoms with Gasteiger partial charge in [0.2, 0.25) is 0 Å². The zero-order chi connectivity index (χ0) is 20.1. The van der Waals surface area contributed by atoms with E-state index < -0.39 is 0 Å². The first kappa shape index (κ1) is 19.3. The first-order valence-corrected chi connectivity index (χ1v) is 8.75. The summed E-state index contributed by atoms with van der Waals surface area (Å²) >= 11 is 0. The molecule has 0 bridgehead atoms. The van der Waals surface area contributed by atoms with Gasteiger partial charge in [0.15, 0.2) is 11.5 Å². The van der Waals surface area contributed by atoms with Gasteiger partial charge in [-0.15, -0.1) is 0 Å². The largest absolute Gasteiger partial charge is 0.496 e. The fraction of sp³-hybridized carbons (Fsp3) is 0.238. The molecule has 3 aromatic rings. The van der Waals surface area contributed by atoms with Crippen LogP contribution in [0.25, 0.3) is 5.69 Å². The molecular formula is C21H23N3O4. The van der Waals surface area contributed by atoms with Crippen molar-refractivity contribution in [1.82, 2.24) is 15.1 Å². The Bertz CT molecular complexity index is 964. The number of ether oxygens (including phenoxy) is 3. The van der Waals surface area contributed by atoms with Crippen molar-refractivity contribution in [2.45, 2.75) is 13.5 Å². The summed E-state index contributed by atoms with van der Waals surface area (Å²) in [5.41, 5.74) is 3.28. The quantitative estimate of drug-likeness (QED) is 0.681.